The number of hydrogen-bond donors (Lipinski definition) is 0. The van der Waals surface area contributed by atoms with Crippen molar-refractivity contribution in [1.82, 2.24) is 29.1 Å². The Morgan fingerprint density at radius 3 is 2.17 bits per heavy atom. The van der Waals surface area contributed by atoms with E-state index < -0.39 is 17.4 Å². The minimum atomic E-state index is -4.68. The first-order valence-corrected chi connectivity index (χ1v) is 15.0. The van der Waals surface area contributed by atoms with E-state index in [-0.39, 0.29) is 17.2 Å². The number of anilines is 2. The van der Waals surface area contributed by atoms with Crippen molar-refractivity contribution in [3.8, 4) is 16.8 Å². The van der Waals surface area contributed by atoms with Gasteiger partial charge in [-0.25, -0.2) is 14.8 Å². The van der Waals surface area contributed by atoms with Crippen molar-refractivity contribution in [3.05, 3.63) is 101 Å². The van der Waals surface area contributed by atoms with E-state index in [1.807, 2.05) is 42.2 Å². The SMILES string of the molecule is CC(=O)c1cnc(N2CCN(c3ccc(-n4c(=O)n(C)c5cnc6ccc(-c7ccc(C)nc7)cc6c54)cc3C(F)(F)F)CC2)nc1. The average molecular weight is 639 g/mol. The zero-order valence-corrected chi connectivity index (χ0v) is 25.8. The van der Waals surface area contributed by atoms with E-state index in [1.165, 1.54) is 34.5 Å². The molecule has 1 aliphatic heterocycles. The summed E-state index contributed by atoms with van der Waals surface area (Å²) < 4.78 is 46.8. The zero-order valence-electron chi connectivity index (χ0n) is 25.8. The van der Waals surface area contributed by atoms with Gasteiger partial charge in [0.1, 0.15) is 0 Å². The number of benzene rings is 2. The van der Waals surface area contributed by atoms with Crippen molar-refractivity contribution >= 4 is 39.4 Å². The number of aryl methyl sites for hydroxylation is 2. The summed E-state index contributed by atoms with van der Waals surface area (Å²) in [6.07, 6.45) is 1.54. The van der Waals surface area contributed by atoms with Gasteiger partial charge in [-0.1, -0.05) is 12.1 Å². The summed E-state index contributed by atoms with van der Waals surface area (Å²) in [5.41, 5.74) is 3.34. The number of carbonyl (C=O) groups is 1. The zero-order chi connectivity index (χ0) is 33.0. The minimum Gasteiger partial charge on any atom is -0.367 e. The Morgan fingerprint density at radius 2 is 1.51 bits per heavy atom. The van der Waals surface area contributed by atoms with Gasteiger partial charge in [0.2, 0.25) is 5.95 Å². The predicted molar refractivity (Wildman–Crippen MR) is 173 cm³/mol. The molecule has 6 aromatic rings. The molecule has 47 heavy (non-hydrogen) atoms. The van der Waals surface area contributed by atoms with Crippen molar-refractivity contribution in [3.63, 3.8) is 0 Å². The first kappa shape index (κ1) is 30.1. The smallest absolute Gasteiger partial charge is 0.367 e. The summed E-state index contributed by atoms with van der Waals surface area (Å²) in [6, 6.07) is 13.5. The van der Waals surface area contributed by atoms with E-state index in [4.69, 9.17) is 0 Å². The van der Waals surface area contributed by atoms with Crippen LogP contribution in [0, 0.1) is 6.92 Å². The van der Waals surface area contributed by atoms with Crippen LogP contribution < -0.4 is 15.5 Å². The first-order chi connectivity index (χ1) is 22.5. The third-order valence-electron chi connectivity index (χ3n) is 8.62. The van der Waals surface area contributed by atoms with Crippen LogP contribution in [-0.4, -0.2) is 61.0 Å². The lowest BCUT2D eigenvalue weighted by Crippen LogP contribution is -2.47. The van der Waals surface area contributed by atoms with Crippen molar-refractivity contribution < 1.29 is 18.0 Å². The van der Waals surface area contributed by atoms with Gasteiger partial charge in [-0.05, 0) is 55.8 Å². The fraction of sp³-hybridized carbons (Fsp3) is 0.235. The lowest BCUT2D eigenvalue weighted by atomic mass is 10.0. The Kier molecular flexibility index (Phi) is 7.26. The van der Waals surface area contributed by atoms with Gasteiger partial charge >= 0.3 is 11.9 Å². The van der Waals surface area contributed by atoms with Crippen molar-refractivity contribution in [2.75, 3.05) is 36.0 Å². The summed E-state index contributed by atoms with van der Waals surface area (Å²) in [5.74, 6) is 0.268. The van der Waals surface area contributed by atoms with Crippen LogP contribution in [0.4, 0.5) is 24.8 Å². The maximum absolute atomic E-state index is 14.7. The highest BCUT2D eigenvalue weighted by molar-refractivity contribution is 6.04. The molecule has 0 spiro atoms. The predicted octanol–water partition coefficient (Wildman–Crippen LogP) is 5.59. The summed E-state index contributed by atoms with van der Waals surface area (Å²) in [6.45, 7) is 4.69. The number of alkyl halides is 3. The number of ketones is 1. The molecule has 5 heterocycles. The molecule has 0 saturated carbocycles. The number of halogens is 3. The molecular weight excluding hydrogens is 609 g/mol. The summed E-state index contributed by atoms with van der Waals surface area (Å²) >= 11 is 0. The fourth-order valence-electron chi connectivity index (χ4n) is 6.03. The molecule has 0 N–H and O–H groups in total. The molecule has 238 valence electrons. The van der Waals surface area contributed by atoms with Crippen molar-refractivity contribution in [2.24, 2.45) is 7.05 Å². The van der Waals surface area contributed by atoms with E-state index in [0.29, 0.717) is 59.6 Å². The number of rotatable bonds is 5. The number of hydrogen-bond acceptors (Lipinski definition) is 8. The lowest BCUT2D eigenvalue weighted by Gasteiger charge is -2.37. The summed E-state index contributed by atoms with van der Waals surface area (Å²) in [5, 5.41) is 0.630. The Hall–Kier alpha value is -5.59. The maximum atomic E-state index is 14.7. The summed E-state index contributed by atoms with van der Waals surface area (Å²) in [7, 11) is 1.58. The lowest BCUT2D eigenvalue weighted by molar-refractivity contribution is -0.137. The average Bonchev–Trinajstić information content (AvgIpc) is 3.33. The van der Waals surface area contributed by atoms with Crippen LogP contribution >= 0.6 is 0 Å². The van der Waals surface area contributed by atoms with Gasteiger partial charge in [0.25, 0.3) is 0 Å². The van der Waals surface area contributed by atoms with Gasteiger partial charge in [-0.3, -0.25) is 23.9 Å². The topological polar surface area (TPSA) is 102 Å². The molecule has 10 nitrogen and oxygen atoms in total. The molecule has 2 aromatic carbocycles. The summed E-state index contributed by atoms with van der Waals surface area (Å²) in [4.78, 5) is 46.2. The highest BCUT2D eigenvalue weighted by atomic mass is 19.4. The molecule has 1 saturated heterocycles. The third-order valence-corrected chi connectivity index (χ3v) is 8.62. The second-order valence-corrected chi connectivity index (χ2v) is 11.6. The van der Waals surface area contributed by atoms with Crippen LogP contribution in [0.2, 0.25) is 0 Å². The number of Topliss-reactive ketones (excluding diaryl/α,β-unsaturated/α-hetero) is 1. The van der Waals surface area contributed by atoms with E-state index >= 15 is 0 Å². The Morgan fingerprint density at radius 1 is 0.809 bits per heavy atom. The van der Waals surface area contributed by atoms with Gasteiger partial charge in [0.05, 0.1) is 39.6 Å². The molecule has 13 heteroatoms. The van der Waals surface area contributed by atoms with Crippen LogP contribution in [0.5, 0.6) is 0 Å². The third kappa shape index (κ3) is 5.37. The molecule has 0 bridgehead atoms. The number of carbonyl (C=O) groups excluding carboxylic acids is 1. The fourth-order valence-corrected chi connectivity index (χ4v) is 6.03. The molecule has 7 rings (SSSR count). The van der Waals surface area contributed by atoms with Crippen LogP contribution in [0.3, 0.4) is 0 Å². The molecule has 0 amide bonds. The number of piperazine rings is 1. The molecule has 0 aliphatic carbocycles. The molecule has 1 aliphatic rings. The van der Waals surface area contributed by atoms with E-state index in [0.717, 1.165) is 22.9 Å². The Balaban J connectivity index is 1.28. The highest BCUT2D eigenvalue weighted by Gasteiger charge is 2.36. The van der Waals surface area contributed by atoms with Crippen molar-refractivity contribution in [1.29, 1.82) is 0 Å². The van der Waals surface area contributed by atoms with Gasteiger partial charge in [-0.15, -0.1) is 0 Å². The molecule has 0 unspecified atom stereocenters. The maximum Gasteiger partial charge on any atom is 0.418 e. The first-order valence-electron chi connectivity index (χ1n) is 15.0. The number of fused-ring (bicyclic) bond motifs is 3. The van der Waals surface area contributed by atoms with Gasteiger partial charge in [0.15, 0.2) is 5.78 Å². The van der Waals surface area contributed by atoms with Gasteiger partial charge < -0.3 is 9.80 Å². The van der Waals surface area contributed by atoms with Crippen LogP contribution in [-0.2, 0) is 13.2 Å². The second-order valence-electron chi connectivity index (χ2n) is 11.6. The van der Waals surface area contributed by atoms with Gasteiger partial charge in [0, 0.05) is 74.1 Å². The minimum absolute atomic E-state index is 0.0303. The molecule has 4 aromatic heterocycles. The van der Waals surface area contributed by atoms with Crippen LogP contribution in [0.25, 0.3) is 38.8 Å². The second kappa shape index (κ2) is 11.3. The number of aromatic nitrogens is 6. The van der Waals surface area contributed by atoms with Crippen LogP contribution in [0.1, 0.15) is 28.5 Å². The molecular formula is C34H29F3N8O2. The Bertz CT molecular complexity index is 2220. The number of pyridine rings is 2. The Labute approximate surface area is 266 Å². The number of nitrogens with zero attached hydrogens (tertiary/aromatic N) is 8. The standard InChI is InChI=1S/C34H29F3N8O2/c1-20-4-5-23(16-38-20)22-6-8-28-26(14-22)31-30(19-39-28)42(3)33(47)45(31)25-7-9-29(27(15-25)34(35,36)37)43-10-12-44(13-11-43)32-40-17-24(18-41-32)21(2)46/h4-9,14-19H,10-13H2,1-3H3. The van der Waals surface area contributed by atoms with E-state index in [2.05, 4.69) is 19.9 Å². The molecule has 1 fully saturated rings. The van der Waals surface area contributed by atoms with Crippen molar-refractivity contribution in [2.45, 2.75) is 20.0 Å². The van der Waals surface area contributed by atoms with Gasteiger partial charge in [-0.2, -0.15) is 13.2 Å². The van der Waals surface area contributed by atoms with Crippen LogP contribution in [0.15, 0.2) is 78.1 Å². The van der Waals surface area contributed by atoms with E-state index in [9.17, 15) is 22.8 Å². The largest absolute Gasteiger partial charge is 0.418 e. The molecule has 0 atom stereocenters. The monoisotopic (exact) mass is 638 g/mol. The number of imidazole rings is 1. The van der Waals surface area contributed by atoms with E-state index in [1.54, 1.807) is 30.4 Å². The molecule has 0 radical (unpaired) electrons. The normalized spacial score (nSPS) is 13.9. The quantitative estimate of drug-likeness (QED) is 0.226. The highest BCUT2D eigenvalue weighted by Crippen LogP contribution is 2.39.